The molecule has 8 rings (SSSR count). The second kappa shape index (κ2) is 16.6. The molecule has 3 aliphatic rings. The summed E-state index contributed by atoms with van der Waals surface area (Å²) in [7, 11) is 2.38. The fourth-order valence-electron chi connectivity index (χ4n) is 8.88. The van der Waals surface area contributed by atoms with Gasteiger partial charge in [0.15, 0.2) is 6.23 Å². The number of methoxy groups -OCH3 is 2. The van der Waals surface area contributed by atoms with Crippen molar-refractivity contribution in [2.75, 3.05) is 27.3 Å². The van der Waals surface area contributed by atoms with Gasteiger partial charge in [0.1, 0.15) is 35.7 Å². The highest BCUT2D eigenvalue weighted by molar-refractivity contribution is 5.92. The van der Waals surface area contributed by atoms with Crippen LogP contribution < -0.4 is 15.4 Å². The number of aromatic nitrogens is 5. The van der Waals surface area contributed by atoms with E-state index in [1.807, 2.05) is 43.3 Å². The Bertz CT molecular complexity index is 2570. The number of H-pyrrole nitrogens is 2. The average Bonchev–Trinajstić information content (AvgIpc) is 4.10. The second-order valence-electron chi connectivity index (χ2n) is 17.1. The Labute approximate surface area is 360 Å². The number of aromatic amines is 2. The first kappa shape index (κ1) is 43.1. The maximum absolute atomic E-state index is 14.9. The quantitative estimate of drug-likeness (QED) is 0.112. The van der Waals surface area contributed by atoms with Crippen molar-refractivity contribution in [1.82, 2.24) is 44.9 Å². The molecule has 2 aromatic carbocycles. The molecule has 0 spiro atoms. The van der Waals surface area contributed by atoms with Crippen LogP contribution in [0.5, 0.6) is 5.75 Å². The molecule has 2 saturated heterocycles. The predicted molar refractivity (Wildman–Crippen MR) is 224 cm³/mol. The number of imidazole rings is 2. The fourth-order valence-corrected chi connectivity index (χ4v) is 8.88. The largest absolute Gasteiger partial charge is 0.470 e. The number of fused-ring (bicyclic) bond motifs is 5. The lowest BCUT2D eigenvalue weighted by Gasteiger charge is -2.29. The van der Waals surface area contributed by atoms with Gasteiger partial charge in [-0.3, -0.25) is 9.59 Å². The number of rotatable bonds is 10. The number of alkyl carbamates (subject to hydrolysis) is 2. The minimum atomic E-state index is -3.17. The van der Waals surface area contributed by atoms with Gasteiger partial charge in [0.05, 0.1) is 74.4 Å². The number of benzene rings is 2. The minimum Gasteiger partial charge on any atom is -0.470 e. The Balaban J connectivity index is 1.03. The maximum Gasteiger partial charge on any atom is 0.407 e. The van der Waals surface area contributed by atoms with Gasteiger partial charge in [-0.05, 0) is 49.1 Å². The van der Waals surface area contributed by atoms with Crippen molar-refractivity contribution >= 4 is 34.9 Å². The standard InChI is InChI=1S/C44H50F3N9O7/c1-21(2)36(52-42(59)61-6)40(57)54-19-27(45)15-33(54)38-48-17-29(50-38)24-9-11-31-26(12-24)13-32-28-10-8-25(14-35(28)63-23(5)56(31)32)30-18-49-39(51-30)34-16-44(46,47)20-55(34)41(58)37(22(3)4)53-43(60)62-7/h8-14,17-18,21-23,27,33-34,36-37H,15-16,19-20H2,1-7H3,(H,48,50)(H,49,51)(H,52,59)(H,53,60)/t23?,27?,33-,34?,36?,37-/m0/s1. The summed E-state index contributed by atoms with van der Waals surface area (Å²) in [4.78, 5) is 69.3. The highest BCUT2D eigenvalue weighted by Crippen LogP contribution is 2.45. The van der Waals surface area contributed by atoms with Crippen LogP contribution in [0, 0.1) is 11.8 Å². The van der Waals surface area contributed by atoms with Gasteiger partial charge in [0.25, 0.3) is 5.92 Å². The molecule has 0 radical (unpaired) electrons. The van der Waals surface area contributed by atoms with Crippen LogP contribution >= 0.6 is 0 Å². The zero-order valence-electron chi connectivity index (χ0n) is 35.9. The van der Waals surface area contributed by atoms with Crippen molar-refractivity contribution in [3.63, 3.8) is 0 Å². The lowest BCUT2D eigenvalue weighted by molar-refractivity contribution is -0.137. The Morgan fingerprint density at radius 2 is 1.40 bits per heavy atom. The summed E-state index contributed by atoms with van der Waals surface area (Å²) in [5, 5.41) is 5.98. The van der Waals surface area contributed by atoms with Gasteiger partial charge in [-0.2, -0.15) is 0 Å². The Kier molecular flexibility index (Phi) is 11.4. The second-order valence-corrected chi connectivity index (χ2v) is 17.1. The van der Waals surface area contributed by atoms with E-state index in [9.17, 15) is 32.3 Å². The van der Waals surface area contributed by atoms with E-state index >= 15 is 0 Å². The van der Waals surface area contributed by atoms with Crippen molar-refractivity contribution in [1.29, 1.82) is 0 Å². The van der Waals surface area contributed by atoms with Gasteiger partial charge in [0, 0.05) is 34.9 Å². The highest BCUT2D eigenvalue weighted by Gasteiger charge is 2.50. The predicted octanol–water partition coefficient (Wildman–Crippen LogP) is 7.28. The molecule has 0 aliphatic carbocycles. The van der Waals surface area contributed by atoms with E-state index in [2.05, 4.69) is 45.9 Å². The molecule has 334 valence electrons. The van der Waals surface area contributed by atoms with Crippen LogP contribution in [0.4, 0.5) is 22.8 Å². The summed E-state index contributed by atoms with van der Waals surface area (Å²) in [5.41, 5.74) is 5.40. The average molecular weight is 874 g/mol. The highest BCUT2D eigenvalue weighted by atomic mass is 19.3. The molecular weight excluding hydrogens is 824 g/mol. The molecular formula is C44H50F3N9O7. The zero-order chi connectivity index (χ0) is 45.1. The Morgan fingerprint density at radius 1 is 0.825 bits per heavy atom. The summed E-state index contributed by atoms with van der Waals surface area (Å²) in [6.07, 6.45) is -0.624. The van der Waals surface area contributed by atoms with Crippen LogP contribution in [0.3, 0.4) is 0 Å². The summed E-state index contributed by atoms with van der Waals surface area (Å²) >= 11 is 0. The van der Waals surface area contributed by atoms with Crippen LogP contribution in [0.25, 0.3) is 44.7 Å². The van der Waals surface area contributed by atoms with Crippen molar-refractivity contribution in [3.8, 4) is 39.5 Å². The van der Waals surface area contributed by atoms with E-state index in [4.69, 9.17) is 9.47 Å². The summed E-state index contributed by atoms with van der Waals surface area (Å²) < 4.78 is 62.7. The molecule has 4 N–H and O–H groups in total. The lowest BCUT2D eigenvalue weighted by Crippen LogP contribution is -2.51. The van der Waals surface area contributed by atoms with Gasteiger partial charge in [-0.1, -0.05) is 39.8 Å². The molecule has 5 aromatic rings. The van der Waals surface area contributed by atoms with E-state index in [0.717, 1.165) is 39.7 Å². The Morgan fingerprint density at radius 3 is 2.00 bits per heavy atom. The number of ether oxygens (including phenoxy) is 3. The molecule has 3 aromatic heterocycles. The summed E-state index contributed by atoms with van der Waals surface area (Å²) in [6.45, 7) is 7.99. The van der Waals surface area contributed by atoms with E-state index in [0.29, 0.717) is 28.5 Å². The third-order valence-corrected chi connectivity index (χ3v) is 12.1. The fraction of sp³-hybridized carbons (Fsp3) is 0.455. The van der Waals surface area contributed by atoms with E-state index in [-0.39, 0.29) is 24.7 Å². The number of hydrogen-bond acceptors (Lipinski definition) is 9. The monoisotopic (exact) mass is 873 g/mol. The molecule has 63 heavy (non-hydrogen) atoms. The normalized spacial score (nSPS) is 21.2. The number of amides is 4. The molecule has 6 atom stereocenters. The number of hydrogen-bond donors (Lipinski definition) is 4. The molecule has 0 saturated carbocycles. The van der Waals surface area contributed by atoms with Crippen LogP contribution in [0.1, 0.15) is 77.4 Å². The van der Waals surface area contributed by atoms with E-state index in [1.165, 1.54) is 18.2 Å². The molecule has 4 unspecified atom stereocenters. The first-order valence-electron chi connectivity index (χ1n) is 20.8. The number of carbonyl (C=O) groups excluding carboxylic acids is 4. The molecule has 19 heteroatoms. The van der Waals surface area contributed by atoms with Gasteiger partial charge in [-0.15, -0.1) is 0 Å². The van der Waals surface area contributed by atoms with Gasteiger partial charge < -0.3 is 49.2 Å². The molecule has 4 amide bonds. The summed E-state index contributed by atoms with van der Waals surface area (Å²) in [6, 6.07) is 9.98. The molecule has 6 heterocycles. The maximum atomic E-state index is 14.9. The number of likely N-dealkylation sites (tertiary alicyclic amines) is 2. The molecule has 0 bridgehead atoms. The van der Waals surface area contributed by atoms with Crippen LogP contribution in [-0.2, 0) is 19.1 Å². The number of halogens is 3. The van der Waals surface area contributed by atoms with Gasteiger partial charge >= 0.3 is 12.2 Å². The molecule has 16 nitrogen and oxygen atoms in total. The van der Waals surface area contributed by atoms with Crippen molar-refractivity contribution in [3.05, 3.63) is 66.5 Å². The third-order valence-electron chi connectivity index (χ3n) is 12.1. The third kappa shape index (κ3) is 8.15. The summed E-state index contributed by atoms with van der Waals surface area (Å²) in [5.74, 6) is -3.68. The number of alkyl halides is 3. The smallest absolute Gasteiger partial charge is 0.407 e. The van der Waals surface area contributed by atoms with Crippen molar-refractivity contribution in [2.45, 2.75) is 89.9 Å². The first-order valence-corrected chi connectivity index (χ1v) is 20.8. The SMILES string of the molecule is COC(=O)NC(C(=O)N1CC(F)C[C@H]1c1ncc(-c2ccc3c(c2)cc2n3C(C)Oc3cc(-c4cnc(C5CC(F)(F)CN5C(=O)[C@@H](NC(=O)OC)C(C)C)[nH]4)ccc3-2)[nH]1)C(C)C. The zero-order valence-corrected chi connectivity index (χ0v) is 35.9. The van der Waals surface area contributed by atoms with Crippen LogP contribution in [0.2, 0.25) is 0 Å². The number of carbonyl (C=O) groups is 4. The van der Waals surface area contributed by atoms with E-state index < -0.39 is 85.4 Å². The minimum absolute atomic E-state index is 0.0586. The van der Waals surface area contributed by atoms with Crippen molar-refractivity contribution < 1.29 is 46.6 Å². The molecule has 3 aliphatic heterocycles. The van der Waals surface area contributed by atoms with Gasteiger partial charge in [0.2, 0.25) is 11.8 Å². The van der Waals surface area contributed by atoms with Crippen LogP contribution in [-0.4, -0.2) is 110 Å². The lowest BCUT2D eigenvalue weighted by atomic mass is 10.0. The number of nitrogens with zero attached hydrogens (tertiary/aromatic N) is 5. The van der Waals surface area contributed by atoms with Crippen LogP contribution in [0.15, 0.2) is 54.9 Å². The van der Waals surface area contributed by atoms with Crippen molar-refractivity contribution in [2.24, 2.45) is 11.8 Å². The number of nitrogens with one attached hydrogen (secondary N) is 4. The topological polar surface area (TPSA) is 189 Å². The molecule has 2 fully saturated rings. The van der Waals surface area contributed by atoms with Gasteiger partial charge in [-0.25, -0.2) is 32.7 Å². The first-order chi connectivity index (χ1) is 30.0. The van der Waals surface area contributed by atoms with E-state index in [1.54, 1.807) is 33.9 Å². The Hall–Kier alpha value is -6.53.